The first-order chi connectivity index (χ1) is 7.01. The van der Waals surface area contributed by atoms with Crippen LogP contribution in [0.3, 0.4) is 0 Å². The lowest BCUT2D eigenvalue weighted by Gasteiger charge is -2.48. The lowest BCUT2D eigenvalue weighted by molar-refractivity contribution is -0.134. The van der Waals surface area contributed by atoms with Crippen molar-refractivity contribution < 1.29 is 9.84 Å². The van der Waals surface area contributed by atoms with E-state index in [4.69, 9.17) is 4.74 Å². The van der Waals surface area contributed by atoms with E-state index in [1.54, 1.807) is 0 Å². The summed E-state index contributed by atoms with van der Waals surface area (Å²) in [5.74, 6) is 0.920. The summed E-state index contributed by atoms with van der Waals surface area (Å²) in [7, 11) is 0. The molecule has 1 N–H and O–H groups in total. The van der Waals surface area contributed by atoms with Crippen molar-refractivity contribution in [1.82, 2.24) is 0 Å². The van der Waals surface area contributed by atoms with Crippen molar-refractivity contribution in [3.05, 3.63) is 27.8 Å². The van der Waals surface area contributed by atoms with Gasteiger partial charge in [-0.25, -0.2) is 0 Å². The van der Waals surface area contributed by atoms with Gasteiger partial charge in [0, 0.05) is 11.8 Å². The highest BCUT2D eigenvalue weighted by Crippen LogP contribution is 2.43. The Morgan fingerprint density at radius 3 is 2.60 bits per heavy atom. The van der Waals surface area contributed by atoms with Crippen LogP contribution in [0.5, 0.6) is 5.75 Å². The van der Waals surface area contributed by atoms with Gasteiger partial charge in [-0.1, -0.05) is 26.0 Å². The average Bonchev–Trinajstić information content (AvgIpc) is 2.20. The van der Waals surface area contributed by atoms with Gasteiger partial charge in [0.05, 0.1) is 9.67 Å². The zero-order valence-electron chi connectivity index (χ0n) is 8.90. The topological polar surface area (TPSA) is 29.5 Å². The molecule has 82 valence electrons. The number of aliphatic hydroxyl groups excluding tert-OH is 1. The quantitative estimate of drug-likeness (QED) is 0.850. The van der Waals surface area contributed by atoms with Gasteiger partial charge in [0.25, 0.3) is 0 Å². The van der Waals surface area contributed by atoms with E-state index in [2.05, 4.69) is 22.6 Å². The van der Waals surface area contributed by atoms with Gasteiger partial charge in [0.1, 0.15) is 11.9 Å². The molecule has 1 fully saturated rings. The summed E-state index contributed by atoms with van der Waals surface area (Å²) in [6.07, 6.45) is 0.630. The molecule has 1 aromatic carbocycles. The molecule has 2 atom stereocenters. The molecule has 0 spiro atoms. The molecule has 0 aliphatic heterocycles. The molecule has 0 radical (unpaired) electrons. The van der Waals surface area contributed by atoms with E-state index < -0.39 is 0 Å². The van der Waals surface area contributed by atoms with Crippen LogP contribution in [0, 0.1) is 8.99 Å². The molecule has 2 unspecified atom stereocenters. The predicted molar refractivity (Wildman–Crippen MR) is 68.0 cm³/mol. The fourth-order valence-electron chi connectivity index (χ4n) is 1.76. The minimum atomic E-state index is -0.233. The number of aliphatic hydroxyl groups is 1. The summed E-state index contributed by atoms with van der Waals surface area (Å²) in [6, 6.07) is 7.97. The fraction of sp³-hybridized carbons (Fsp3) is 0.500. The Morgan fingerprint density at radius 1 is 1.40 bits per heavy atom. The molecule has 0 heterocycles. The van der Waals surface area contributed by atoms with Crippen molar-refractivity contribution in [2.45, 2.75) is 32.5 Å². The molecule has 3 heteroatoms. The first-order valence-electron chi connectivity index (χ1n) is 5.11. The molecule has 0 bridgehead atoms. The van der Waals surface area contributed by atoms with Crippen LogP contribution >= 0.6 is 22.6 Å². The van der Waals surface area contributed by atoms with Crippen LogP contribution in [0.25, 0.3) is 0 Å². The summed E-state index contributed by atoms with van der Waals surface area (Å²) < 4.78 is 7.02. The van der Waals surface area contributed by atoms with Crippen molar-refractivity contribution in [2.75, 3.05) is 0 Å². The smallest absolute Gasteiger partial charge is 0.133 e. The zero-order chi connectivity index (χ0) is 11.1. The van der Waals surface area contributed by atoms with Gasteiger partial charge < -0.3 is 9.84 Å². The number of ether oxygens (including phenoxy) is 1. The highest BCUT2D eigenvalue weighted by molar-refractivity contribution is 14.1. The molecule has 0 aromatic heterocycles. The third-order valence-corrected chi connectivity index (χ3v) is 4.12. The van der Waals surface area contributed by atoms with Crippen molar-refractivity contribution in [1.29, 1.82) is 0 Å². The molecule has 2 rings (SSSR count). The monoisotopic (exact) mass is 318 g/mol. The van der Waals surface area contributed by atoms with Crippen LogP contribution in [0.2, 0.25) is 0 Å². The van der Waals surface area contributed by atoms with E-state index in [0.717, 1.165) is 15.7 Å². The number of para-hydroxylation sites is 1. The Balaban J connectivity index is 2.08. The molecule has 1 aromatic rings. The molecule has 1 aliphatic rings. The van der Waals surface area contributed by atoms with Crippen molar-refractivity contribution in [2.24, 2.45) is 5.41 Å². The van der Waals surface area contributed by atoms with Crippen molar-refractivity contribution >= 4 is 22.6 Å². The Morgan fingerprint density at radius 2 is 2.07 bits per heavy atom. The van der Waals surface area contributed by atoms with Gasteiger partial charge >= 0.3 is 0 Å². The summed E-state index contributed by atoms with van der Waals surface area (Å²) in [5, 5.41) is 9.61. The molecule has 1 saturated carbocycles. The maximum absolute atomic E-state index is 9.61. The van der Waals surface area contributed by atoms with E-state index in [-0.39, 0.29) is 17.6 Å². The van der Waals surface area contributed by atoms with Gasteiger partial charge in [-0.2, -0.15) is 0 Å². The van der Waals surface area contributed by atoms with Crippen LogP contribution in [0.15, 0.2) is 24.3 Å². The third-order valence-electron chi connectivity index (χ3n) is 3.23. The zero-order valence-corrected chi connectivity index (χ0v) is 11.1. The van der Waals surface area contributed by atoms with Gasteiger partial charge in [0.2, 0.25) is 0 Å². The summed E-state index contributed by atoms with van der Waals surface area (Å²) in [4.78, 5) is 0. The Labute approximate surface area is 104 Å². The Hall–Kier alpha value is -0.290. The highest BCUT2D eigenvalue weighted by Gasteiger charge is 2.49. The second-order valence-corrected chi connectivity index (χ2v) is 5.77. The molecular weight excluding hydrogens is 303 g/mol. The second kappa shape index (κ2) is 3.94. The maximum atomic E-state index is 9.61. The Kier molecular flexibility index (Phi) is 2.94. The van der Waals surface area contributed by atoms with E-state index in [0.29, 0.717) is 0 Å². The molecule has 0 amide bonds. The van der Waals surface area contributed by atoms with Crippen LogP contribution in [-0.4, -0.2) is 17.3 Å². The van der Waals surface area contributed by atoms with Crippen LogP contribution in [-0.2, 0) is 0 Å². The average molecular weight is 318 g/mol. The minimum absolute atomic E-state index is 0.126. The normalized spacial score (nSPS) is 28.3. The lowest BCUT2D eigenvalue weighted by atomic mass is 9.66. The minimum Gasteiger partial charge on any atom is -0.489 e. The van der Waals surface area contributed by atoms with E-state index >= 15 is 0 Å². The van der Waals surface area contributed by atoms with Crippen LogP contribution in [0.1, 0.15) is 20.3 Å². The van der Waals surface area contributed by atoms with Crippen LogP contribution in [0.4, 0.5) is 0 Å². The largest absolute Gasteiger partial charge is 0.489 e. The molecule has 0 saturated heterocycles. The fourth-order valence-corrected chi connectivity index (χ4v) is 2.27. The molecule has 15 heavy (non-hydrogen) atoms. The SMILES string of the molecule is CC1(C)C(O)CC1Oc1ccccc1I. The van der Waals surface area contributed by atoms with Crippen molar-refractivity contribution in [3.63, 3.8) is 0 Å². The number of hydrogen-bond acceptors (Lipinski definition) is 2. The lowest BCUT2D eigenvalue weighted by Crippen LogP contribution is -2.56. The Bertz CT molecular complexity index is 362. The van der Waals surface area contributed by atoms with E-state index in [9.17, 15) is 5.11 Å². The van der Waals surface area contributed by atoms with E-state index in [1.165, 1.54) is 0 Å². The van der Waals surface area contributed by atoms with Gasteiger partial charge in [-0.15, -0.1) is 0 Å². The first-order valence-corrected chi connectivity index (χ1v) is 6.19. The summed E-state index contributed by atoms with van der Waals surface area (Å²) in [6.45, 7) is 4.09. The highest BCUT2D eigenvalue weighted by atomic mass is 127. The molecule has 2 nitrogen and oxygen atoms in total. The number of halogens is 1. The van der Waals surface area contributed by atoms with Crippen LogP contribution < -0.4 is 4.74 Å². The first kappa shape index (κ1) is 11.2. The standard InChI is InChI=1S/C12H15IO2/c1-12(2)10(14)7-11(12)15-9-6-4-3-5-8(9)13/h3-6,10-11,14H,7H2,1-2H3. The second-order valence-electron chi connectivity index (χ2n) is 4.61. The van der Waals surface area contributed by atoms with Crippen molar-refractivity contribution in [3.8, 4) is 5.75 Å². The number of rotatable bonds is 2. The predicted octanol–water partition coefficient (Wildman–Crippen LogP) is 2.83. The van der Waals surface area contributed by atoms with E-state index in [1.807, 2.05) is 38.1 Å². The molecule has 1 aliphatic carbocycles. The number of hydrogen-bond donors (Lipinski definition) is 1. The summed E-state index contributed by atoms with van der Waals surface area (Å²) >= 11 is 2.26. The third kappa shape index (κ3) is 1.99. The van der Waals surface area contributed by atoms with Gasteiger partial charge in [0.15, 0.2) is 0 Å². The summed E-state index contributed by atoms with van der Waals surface area (Å²) in [5.41, 5.74) is -0.126. The van der Waals surface area contributed by atoms with Gasteiger partial charge in [-0.3, -0.25) is 0 Å². The number of benzene rings is 1. The molecular formula is C12H15IO2. The maximum Gasteiger partial charge on any atom is 0.133 e. The van der Waals surface area contributed by atoms with Gasteiger partial charge in [-0.05, 0) is 34.7 Å².